The number of nitrogens with zero attached hydrogens (tertiary/aromatic N) is 2. The number of cyclic esters (lactones) is 1. The van der Waals surface area contributed by atoms with Crippen LogP contribution in [0.15, 0.2) is 4.99 Å². The first-order chi connectivity index (χ1) is 23.2. The molecular formula is C36H64N2O12. The van der Waals surface area contributed by atoms with Crippen LogP contribution in [-0.2, 0) is 38.0 Å². The van der Waals surface area contributed by atoms with Crippen LogP contribution in [0.25, 0.3) is 0 Å². The van der Waals surface area contributed by atoms with Crippen molar-refractivity contribution < 1.29 is 58.4 Å². The van der Waals surface area contributed by atoms with Crippen molar-refractivity contribution in [1.29, 1.82) is 0 Å². The fourth-order valence-electron chi connectivity index (χ4n) is 8.09. The molecule has 0 aromatic carbocycles. The van der Waals surface area contributed by atoms with E-state index in [0.717, 1.165) is 0 Å². The van der Waals surface area contributed by atoms with Crippen LogP contribution < -0.4 is 0 Å². The molecule has 290 valence electrons. The highest BCUT2D eigenvalue weighted by atomic mass is 16.7. The summed E-state index contributed by atoms with van der Waals surface area (Å²) in [5.41, 5.74) is -2.82. The van der Waals surface area contributed by atoms with Gasteiger partial charge in [-0.3, -0.25) is 4.79 Å². The Hall–Kier alpha value is -1.46. The number of fused-ring (bicyclic) bond motifs is 2. The molecule has 0 spiro atoms. The number of aliphatic imine (C=N–C) groups is 1. The Morgan fingerprint density at radius 1 is 0.940 bits per heavy atom. The van der Waals surface area contributed by atoms with E-state index in [1.807, 2.05) is 39.8 Å². The Morgan fingerprint density at radius 2 is 1.60 bits per heavy atom. The highest BCUT2D eigenvalue weighted by Gasteiger charge is 2.52. The molecule has 4 aliphatic rings. The first-order valence-corrected chi connectivity index (χ1v) is 18.3. The number of aliphatic hydroxyl groups is 4. The Kier molecular flexibility index (Phi) is 13.4. The molecule has 4 N–H and O–H groups in total. The summed E-state index contributed by atoms with van der Waals surface area (Å²) in [4.78, 5) is 20.7. The van der Waals surface area contributed by atoms with E-state index in [2.05, 4.69) is 0 Å². The monoisotopic (exact) mass is 716 g/mol. The van der Waals surface area contributed by atoms with E-state index >= 15 is 0 Å². The summed E-state index contributed by atoms with van der Waals surface area (Å²) in [6, 6.07) is -1.02. The zero-order valence-electron chi connectivity index (χ0n) is 32.0. The Balaban J connectivity index is 1.81. The van der Waals surface area contributed by atoms with Gasteiger partial charge in [0, 0.05) is 31.4 Å². The average molecular weight is 717 g/mol. The highest BCUT2D eigenvalue weighted by Crippen LogP contribution is 2.40. The van der Waals surface area contributed by atoms with Crippen molar-refractivity contribution in [3.05, 3.63) is 0 Å². The van der Waals surface area contributed by atoms with Crippen molar-refractivity contribution in [3.8, 4) is 0 Å². The third-order valence-electron chi connectivity index (χ3n) is 11.6. The van der Waals surface area contributed by atoms with Crippen molar-refractivity contribution >= 4 is 11.9 Å². The van der Waals surface area contributed by atoms with Crippen LogP contribution in [0.1, 0.15) is 88.0 Å². The normalized spacial score (nSPS) is 49.5. The van der Waals surface area contributed by atoms with E-state index in [-0.39, 0.29) is 30.9 Å². The Labute approximate surface area is 297 Å². The molecule has 0 aliphatic carbocycles. The number of carbonyl (C=O) groups is 1. The average Bonchev–Trinajstić information content (AvgIpc) is 3.41. The van der Waals surface area contributed by atoms with Crippen LogP contribution in [0, 0.1) is 17.8 Å². The van der Waals surface area contributed by atoms with E-state index in [4.69, 9.17) is 38.2 Å². The number of rotatable bonds is 7. The van der Waals surface area contributed by atoms with Crippen LogP contribution in [0.3, 0.4) is 0 Å². The molecule has 18 unspecified atom stereocenters. The van der Waals surface area contributed by atoms with Gasteiger partial charge < -0.3 is 58.5 Å². The van der Waals surface area contributed by atoms with E-state index in [0.29, 0.717) is 18.7 Å². The smallest absolute Gasteiger partial charge is 0.311 e. The number of ether oxygens (including phenoxy) is 7. The van der Waals surface area contributed by atoms with Gasteiger partial charge in [0.1, 0.15) is 42.2 Å². The third kappa shape index (κ3) is 8.50. The van der Waals surface area contributed by atoms with Gasteiger partial charge in [-0.2, -0.15) is 0 Å². The lowest BCUT2D eigenvalue weighted by Gasteiger charge is -2.47. The molecule has 0 aromatic heterocycles. The number of methoxy groups -OCH3 is 1. The summed E-state index contributed by atoms with van der Waals surface area (Å²) in [6.45, 7) is 15.9. The van der Waals surface area contributed by atoms with Crippen molar-refractivity contribution in [3.63, 3.8) is 0 Å². The number of carbonyl (C=O) groups excluding carboxylic acids is 1. The lowest BCUT2D eigenvalue weighted by molar-refractivity contribution is -0.310. The maximum Gasteiger partial charge on any atom is 0.311 e. The lowest BCUT2D eigenvalue weighted by Crippen LogP contribution is -2.59. The molecule has 14 heteroatoms. The summed E-state index contributed by atoms with van der Waals surface area (Å²) < 4.78 is 44.1. The minimum atomic E-state index is -1.83. The summed E-state index contributed by atoms with van der Waals surface area (Å²) in [6.07, 6.45) is -7.92. The van der Waals surface area contributed by atoms with E-state index in [1.54, 1.807) is 34.6 Å². The van der Waals surface area contributed by atoms with E-state index < -0.39 is 96.5 Å². The zero-order chi connectivity index (χ0) is 37.5. The first kappa shape index (κ1) is 41.3. The maximum absolute atomic E-state index is 14.1. The molecule has 0 aromatic rings. The number of hydrogen-bond donors (Lipinski definition) is 4. The second-order valence-electron chi connectivity index (χ2n) is 15.9. The third-order valence-corrected chi connectivity index (χ3v) is 11.6. The topological polar surface area (TPSA) is 178 Å². The van der Waals surface area contributed by atoms with Crippen molar-refractivity contribution in [2.75, 3.05) is 21.2 Å². The molecule has 18 atom stereocenters. The minimum absolute atomic E-state index is 0.169. The molecular weight excluding hydrogens is 652 g/mol. The second kappa shape index (κ2) is 16.3. The molecule has 0 saturated carbocycles. The minimum Gasteiger partial charge on any atom is -0.475 e. The van der Waals surface area contributed by atoms with E-state index in [9.17, 15) is 25.2 Å². The first-order valence-electron chi connectivity index (χ1n) is 18.3. The molecule has 50 heavy (non-hydrogen) atoms. The van der Waals surface area contributed by atoms with Crippen molar-refractivity contribution in [1.82, 2.24) is 4.90 Å². The Bertz CT molecular complexity index is 1170. The summed E-state index contributed by atoms with van der Waals surface area (Å²) in [7, 11) is 5.33. The largest absolute Gasteiger partial charge is 0.475 e. The highest BCUT2D eigenvalue weighted by molar-refractivity contribution is 5.80. The van der Waals surface area contributed by atoms with Gasteiger partial charge in [0.15, 0.2) is 18.5 Å². The predicted molar refractivity (Wildman–Crippen MR) is 183 cm³/mol. The Morgan fingerprint density at radius 3 is 2.20 bits per heavy atom. The zero-order valence-corrected chi connectivity index (χ0v) is 32.0. The number of esters is 1. The fourth-order valence-corrected chi connectivity index (χ4v) is 8.09. The van der Waals surface area contributed by atoms with Gasteiger partial charge in [-0.1, -0.05) is 20.8 Å². The van der Waals surface area contributed by atoms with Crippen LogP contribution in [0.5, 0.6) is 0 Å². The number of aliphatic hydroxyl groups excluding tert-OH is 3. The SMILES string of the molecule is CCC1OC(=O)C(C)C(OC2CC(C)(OC)C(O)C(C)O2)C(C)C(OC2OC(C)CC(N(C)C)C2O)C2CC(C)C(=NC(C)C(O)C1(C)O)O2. The van der Waals surface area contributed by atoms with E-state index in [1.165, 1.54) is 14.0 Å². The fraction of sp³-hybridized carbons (Fsp3) is 0.944. The van der Waals surface area contributed by atoms with Gasteiger partial charge in [-0.25, -0.2) is 4.99 Å². The molecule has 4 aliphatic heterocycles. The summed E-state index contributed by atoms with van der Waals surface area (Å²) in [5.74, 6) is -1.94. The van der Waals surface area contributed by atoms with Gasteiger partial charge in [-0.15, -0.1) is 0 Å². The molecule has 14 nitrogen and oxygen atoms in total. The van der Waals surface area contributed by atoms with Crippen molar-refractivity contribution in [2.24, 2.45) is 22.7 Å². The van der Waals surface area contributed by atoms with Gasteiger partial charge >= 0.3 is 5.97 Å². The predicted octanol–water partition coefficient (Wildman–Crippen LogP) is 2.02. The quantitative estimate of drug-likeness (QED) is 0.282. The molecule has 2 bridgehead atoms. The number of hydrogen-bond acceptors (Lipinski definition) is 14. The molecule has 4 heterocycles. The van der Waals surface area contributed by atoms with Crippen LogP contribution in [0.2, 0.25) is 0 Å². The standard InChI is InChI=1S/C36H64N2O12/c1-13-25-36(9,43)30(40)21(6)37-32-17(2)14-24(47-32)29(50-34-27(39)23(38(10)11)15-18(3)45-34)19(4)28(20(5)33(42)48-25)49-26-16-35(8,44-12)31(41)22(7)46-26/h17-31,34,39-41,43H,13-16H2,1-12H3. The molecule has 0 amide bonds. The van der Waals surface area contributed by atoms with Crippen molar-refractivity contribution in [2.45, 2.75) is 179 Å². The number of likely N-dealkylation sites (N-methyl/N-ethyl adjacent to an activating group) is 1. The van der Waals surface area contributed by atoms with Crippen LogP contribution >= 0.6 is 0 Å². The molecule has 4 rings (SSSR count). The summed E-state index contributed by atoms with van der Waals surface area (Å²) in [5, 5.41) is 45.3. The van der Waals surface area contributed by atoms with Gasteiger partial charge in [0.25, 0.3) is 0 Å². The summed E-state index contributed by atoms with van der Waals surface area (Å²) >= 11 is 0. The maximum atomic E-state index is 14.1. The van der Waals surface area contributed by atoms with Gasteiger partial charge in [-0.05, 0) is 74.9 Å². The van der Waals surface area contributed by atoms with Crippen LogP contribution in [0.4, 0.5) is 0 Å². The second-order valence-corrected chi connectivity index (χ2v) is 15.9. The van der Waals surface area contributed by atoms with Gasteiger partial charge in [0.05, 0.1) is 35.9 Å². The molecule has 3 fully saturated rings. The lowest BCUT2D eigenvalue weighted by atomic mass is 9.84. The van der Waals surface area contributed by atoms with Gasteiger partial charge in [0.2, 0.25) is 0 Å². The molecule has 3 saturated heterocycles. The molecule has 0 radical (unpaired) electrons. The van der Waals surface area contributed by atoms with Crippen LogP contribution in [-0.4, -0.2) is 149 Å².